The third kappa shape index (κ3) is 4.57. The molecule has 4 heteroatoms. The van der Waals surface area contributed by atoms with E-state index in [2.05, 4.69) is 69.1 Å². The Kier molecular flexibility index (Phi) is 6.02. The average Bonchev–Trinajstić information content (AvgIpc) is 2.40. The van der Waals surface area contributed by atoms with Crippen molar-refractivity contribution >= 4 is 27.7 Å². The molecule has 18 heavy (non-hydrogen) atoms. The van der Waals surface area contributed by atoms with Crippen molar-refractivity contribution in [3.8, 4) is 0 Å². The molecule has 1 saturated heterocycles. The molecule has 1 aromatic carbocycles. The second-order valence-corrected chi connectivity index (χ2v) is 6.83. The highest BCUT2D eigenvalue weighted by atomic mass is 79.9. The van der Waals surface area contributed by atoms with Gasteiger partial charge < -0.3 is 10.2 Å². The lowest BCUT2D eigenvalue weighted by Crippen LogP contribution is -2.38. The maximum absolute atomic E-state index is 3.60. The van der Waals surface area contributed by atoms with Crippen molar-refractivity contribution in [2.45, 2.75) is 13.0 Å². The first-order chi connectivity index (χ1) is 8.75. The fraction of sp³-hybridized carbons (Fsp3) is 0.571. The first-order valence-electron chi connectivity index (χ1n) is 6.54. The van der Waals surface area contributed by atoms with Gasteiger partial charge in [-0.05, 0) is 24.6 Å². The standard InChI is InChI=1S/C14H21BrN2S/c1-12(13-3-2-4-14(15)11-13)16-5-6-17-7-9-18-10-8-17/h2-4,11-12,16H,5-10H2,1H3. The third-order valence-corrected chi connectivity index (χ3v) is 4.77. The summed E-state index contributed by atoms with van der Waals surface area (Å²) < 4.78 is 1.15. The van der Waals surface area contributed by atoms with Gasteiger partial charge in [-0.2, -0.15) is 11.8 Å². The highest BCUT2D eigenvalue weighted by Gasteiger charge is 2.10. The second kappa shape index (κ2) is 7.53. The van der Waals surface area contributed by atoms with E-state index in [1.165, 1.54) is 36.7 Å². The van der Waals surface area contributed by atoms with Crippen LogP contribution in [-0.2, 0) is 0 Å². The van der Waals surface area contributed by atoms with E-state index >= 15 is 0 Å². The van der Waals surface area contributed by atoms with Gasteiger partial charge in [-0.3, -0.25) is 0 Å². The summed E-state index contributed by atoms with van der Waals surface area (Å²) >= 11 is 5.59. The summed E-state index contributed by atoms with van der Waals surface area (Å²) in [7, 11) is 0. The molecule has 0 spiro atoms. The van der Waals surface area contributed by atoms with E-state index in [1.54, 1.807) is 0 Å². The van der Waals surface area contributed by atoms with E-state index in [9.17, 15) is 0 Å². The number of rotatable bonds is 5. The van der Waals surface area contributed by atoms with Crippen LogP contribution in [0.25, 0.3) is 0 Å². The van der Waals surface area contributed by atoms with Gasteiger partial charge in [-0.1, -0.05) is 28.1 Å². The van der Waals surface area contributed by atoms with Gasteiger partial charge >= 0.3 is 0 Å². The summed E-state index contributed by atoms with van der Waals surface area (Å²) in [6.45, 7) is 6.96. The van der Waals surface area contributed by atoms with Crippen molar-refractivity contribution in [2.75, 3.05) is 37.7 Å². The first-order valence-corrected chi connectivity index (χ1v) is 8.49. The van der Waals surface area contributed by atoms with Crippen molar-refractivity contribution in [3.63, 3.8) is 0 Å². The van der Waals surface area contributed by atoms with E-state index in [4.69, 9.17) is 0 Å². The minimum atomic E-state index is 0.418. The molecule has 100 valence electrons. The Morgan fingerprint density at radius 1 is 1.39 bits per heavy atom. The molecule has 0 bridgehead atoms. The lowest BCUT2D eigenvalue weighted by molar-refractivity contribution is 0.297. The predicted octanol–water partition coefficient (Wildman–Crippen LogP) is 3.15. The second-order valence-electron chi connectivity index (χ2n) is 4.68. The summed E-state index contributed by atoms with van der Waals surface area (Å²) in [5.41, 5.74) is 1.35. The molecule has 1 unspecified atom stereocenters. The molecule has 0 amide bonds. The Morgan fingerprint density at radius 2 is 2.17 bits per heavy atom. The number of nitrogens with zero attached hydrogens (tertiary/aromatic N) is 1. The number of hydrogen-bond acceptors (Lipinski definition) is 3. The summed E-state index contributed by atoms with van der Waals surface area (Å²) in [6.07, 6.45) is 0. The molecule has 0 radical (unpaired) electrons. The van der Waals surface area contributed by atoms with Gasteiger partial charge in [0.1, 0.15) is 0 Å². The highest BCUT2D eigenvalue weighted by molar-refractivity contribution is 9.10. The van der Waals surface area contributed by atoms with Crippen molar-refractivity contribution in [1.29, 1.82) is 0 Å². The minimum absolute atomic E-state index is 0.418. The summed E-state index contributed by atoms with van der Waals surface area (Å²) in [5.74, 6) is 2.59. The molecule has 1 fully saturated rings. The molecule has 1 aliphatic heterocycles. The Labute approximate surface area is 123 Å². The Hall–Kier alpha value is -0.0300. The summed E-state index contributed by atoms with van der Waals surface area (Å²) in [6, 6.07) is 8.96. The van der Waals surface area contributed by atoms with Crippen LogP contribution in [0.15, 0.2) is 28.7 Å². The SMILES string of the molecule is CC(NCCN1CCSCC1)c1cccc(Br)c1. The zero-order chi connectivity index (χ0) is 12.8. The van der Waals surface area contributed by atoms with E-state index in [1.807, 2.05) is 0 Å². The van der Waals surface area contributed by atoms with Crippen molar-refractivity contribution in [2.24, 2.45) is 0 Å². The molecular weight excluding hydrogens is 308 g/mol. The lowest BCUT2D eigenvalue weighted by Gasteiger charge is -2.26. The van der Waals surface area contributed by atoms with Gasteiger partial charge in [0.05, 0.1) is 0 Å². The van der Waals surface area contributed by atoms with Gasteiger partial charge in [-0.15, -0.1) is 0 Å². The molecule has 1 aliphatic rings. The van der Waals surface area contributed by atoms with Gasteiger partial charge in [0.2, 0.25) is 0 Å². The molecule has 0 aromatic heterocycles. The van der Waals surface area contributed by atoms with E-state index in [0.29, 0.717) is 6.04 Å². The lowest BCUT2D eigenvalue weighted by atomic mass is 10.1. The van der Waals surface area contributed by atoms with E-state index < -0.39 is 0 Å². The molecule has 1 N–H and O–H groups in total. The molecule has 0 aliphatic carbocycles. The van der Waals surface area contributed by atoms with Crippen LogP contribution in [0, 0.1) is 0 Å². The molecule has 2 rings (SSSR count). The summed E-state index contributed by atoms with van der Waals surface area (Å²) in [5, 5.41) is 3.60. The largest absolute Gasteiger partial charge is 0.309 e. The Balaban J connectivity index is 1.72. The highest BCUT2D eigenvalue weighted by Crippen LogP contribution is 2.17. The molecule has 1 atom stereocenters. The average molecular weight is 329 g/mol. The number of thioether (sulfide) groups is 1. The quantitative estimate of drug-likeness (QED) is 0.893. The smallest absolute Gasteiger partial charge is 0.0292 e. The zero-order valence-corrected chi connectivity index (χ0v) is 13.3. The van der Waals surface area contributed by atoms with Crippen LogP contribution in [0.4, 0.5) is 0 Å². The van der Waals surface area contributed by atoms with E-state index in [0.717, 1.165) is 11.0 Å². The van der Waals surface area contributed by atoms with Crippen molar-refractivity contribution < 1.29 is 0 Å². The topological polar surface area (TPSA) is 15.3 Å². The minimum Gasteiger partial charge on any atom is -0.309 e. The van der Waals surface area contributed by atoms with Crippen molar-refractivity contribution in [3.05, 3.63) is 34.3 Å². The van der Waals surface area contributed by atoms with Crippen LogP contribution < -0.4 is 5.32 Å². The monoisotopic (exact) mass is 328 g/mol. The maximum Gasteiger partial charge on any atom is 0.0292 e. The predicted molar refractivity (Wildman–Crippen MR) is 84.3 cm³/mol. The van der Waals surface area contributed by atoms with Crippen molar-refractivity contribution in [1.82, 2.24) is 10.2 Å². The molecule has 2 nitrogen and oxygen atoms in total. The number of hydrogen-bond donors (Lipinski definition) is 1. The normalized spacial score (nSPS) is 18.8. The van der Waals surface area contributed by atoms with Gasteiger partial charge in [0, 0.05) is 48.2 Å². The molecule has 0 saturated carbocycles. The fourth-order valence-electron chi connectivity index (χ4n) is 2.16. The van der Waals surface area contributed by atoms with Gasteiger partial charge in [-0.25, -0.2) is 0 Å². The number of benzene rings is 1. The van der Waals surface area contributed by atoms with Crippen LogP contribution in [0.3, 0.4) is 0 Å². The summed E-state index contributed by atoms with van der Waals surface area (Å²) in [4.78, 5) is 2.55. The third-order valence-electron chi connectivity index (χ3n) is 3.33. The molecular formula is C14H21BrN2S. The molecule has 1 aromatic rings. The van der Waals surface area contributed by atoms with Crippen LogP contribution in [-0.4, -0.2) is 42.6 Å². The Morgan fingerprint density at radius 3 is 2.89 bits per heavy atom. The van der Waals surface area contributed by atoms with E-state index in [-0.39, 0.29) is 0 Å². The number of halogens is 1. The first kappa shape index (κ1) is 14.4. The number of nitrogens with one attached hydrogen (secondary N) is 1. The van der Waals surface area contributed by atoms with Crippen LogP contribution in [0.5, 0.6) is 0 Å². The molecule has 1 heterocycles. The zero-order valence-electron chi connectivity index (χ0n) is 10.9. The Bertz CT molecular complexity index is 367. The van der Waals surface area contributed by atoms with Gasteiger partial charge in [0.25, 0.3) is 0 Å². The van der Waals surface area contributed by atoms with Gasteiger partial charge in [0.15, 0.2) is 0 Å². The van der Waals surface area contributed by atoms with Crippen LogP contribution in [0.1, 0.15) is 18.5 Å². The maximum atomic E-state index is 3.60. The van der Waals surface area contributed by atoms with Crippen LogP contribution >= 0.6 is 27.7 Å². The van der Waals surface area contributed by atoms with Crippen LogP contribution in [0.2, 0.25) is 0 Å². The fourth-order valence-corrected chi connectivity index (χ4v) is 3.55.